The number of hydrogen-bond acceptors (Lipinski definition) is 11. The summed E-state index contributed by atoms with van der Waals surface area (Å²) in [7, 11) is 0. The minimum Gasteiger partial charge on any atom is -0.477 e. The number of carboxylic acid groups (broad SMARTS) is 1. The third kappa shape index (κ3) is 3.22. The number of carbonyl (C=O) groups is 4. The molecule has 3 N–H and O–H groups in total. The minimum atomic E-state index is -1.53. The second-order valence-corrected chi connectivity index (χ2v) is 9.49. The maximum atomic E-state index is 13.0. The maximum Gasteiger partial charge on any atom is 0.352 e. The lowest BCUT2D eigenvalue weighted by Gasteiger charge is -2.52. The first-order valence-corrected chi connectivity index (χ1v) is 11.2. The van der Waals surface area contributed by atoms with Gasteiger partial charge in [0.15, 0.2) is 11.7 Å². The number of fused-ring (bicyclic) bond motifs is 2. The van der Waals surface area contributed by atoms with Crippen LogP contribution in [0.4, 0.5) is 4.79 Å². The third-order valence-electron chi connectivity index (χ3n) is 5.28. The SMILES string of the molecule is NC(=O)N(C(=O)C1(S)C#C1)C1C(=O)N2C(C(=O)O)=C(C(S)c3ccc4nnnn4n3)CSC12. The highest BCUT2D eigenvalue weighted by Gasteiger charge is 2.60. The lowest BCUT2D eigenvalue weighted by Crippen LogP contribution is -2.73. The fourth-order valence-electron chi connectivity index (χ4n) is 3.63. The van der Waals surface area contributed by atoms with Crippen molar-refractivity contribution in [2.45, 2.75) is 21.4 Å². The monoisotopic (exact) mass is 504 g/mol. The van der Waals surface area contributed by atoms with Crippen molar-refractivity contribution in [1.29, 1.82) is 0 Å². The van der Waals surface area contributed by atoms with Gasteiger partial charge in [0.25, 0.3) is 11.8 Å². The number of nitrogens with zero attached hydrogens (tertiary/aromatic N) is 7. The lowest BCUT2D eigenvalue weighted by molar-refractivity contribution is -0.156. The second kappa shape index (κ2) is 7.37. The van der Waals surface area contributed by atoms with E-state index in [0.29, 0.717) is 21.8 Å². The Labute approximate surface area is 199 Å². The number of rotatable bonds is 5. The molecule has 0 bridgehead atoms. The van der Waals surface area contributed by atoms with E-state index in [1.807, 2.05) is 0 Å². The molecular formula is C17H12N8O5S3. The lowest BCUT2D eigenvalue weighted by atomic mass is 9.98. The summed E-state index contributed by atoms with van der Waals surface area (Å²) in [5.41, 5.74) is 6.15. The molecule has 33 heavy (non-hydrogen) atoms. The summed E-state index contributed by atoms with van der Waals surface area (Å²) < 4.78 is -0.352. The molecule has 0 spiro atoms. The quantitative estimate of drug-likeness (QED) is 0.217. The molecule has 3 unspecified atom stereocenters. The summed E-state index contributed by atoms with van der Waals surface area (Å²) >= 11 is 9.77. The molecule has 1 saturated heterocycles. The number of urea groups is 1. The van der Waals surface area contributed by atoms with Crippen LogP contribution in [0.1, 0.15) is 10.9 Å². The number of imide groups is 1. The molecule has 0 radical (unpaired) electrons. The van der Waals surface area contributed by atoms with Crippen LogP contribution in [0.3, 0.4) is 0 Å². The maximum absolute atomic E-state index is 13.0. The smallest absolute Gasteiger partial charge is 0.352 e. The van der Waals surface area contributed by atoms with Gasteiger partial charge in [-0.25, -0.2) is 14.5 Å². The Kier molecular flexibility index (Phi) is 4.81. The number of carbonyl (C=O) groups excluding carboxylic acids is 3. The normalized spacial score (nSPS) is 23.2. The topological polar surface area (TPSA) is 177 Å². The molecule has 13 nitrogen and oxygen atoms in total. The molecule has 5 rings (SSSR count). The van der Waals surface area contributed by atoms with Gasteiger partial charge in [0.2, 0.25) is 4.75 Å². The fourth-order valence-corrected chi connectivity index (χ4v) is 5.70. The van der Waals surface area contributed by atoms with Crippen LogP contribution in [0.5, 0.6) is 0 Å². The van der Waals surface area contributed by atoms with Crippen molar-refractivity contribution in [2.75, 3.05) is 5.75 Å². The molecule has 1 fully saturated rings. The van der Waals surface area contributed by atoms with Crippen LogP contribution in [0.2, 0.25) is 0 Å². The van der Waals surface area contributed by atoms with E-state index in [1.165, 1.54) is 16.4 Å². The molecule has 2 aliphatic heterocycles. The van der Waals surface area contributed by atoms with Gasteiger partial charge in [-0.1, -0.05) is 11.8 Å². The highest BCUT2D eigenvalue weighted by molar-refractivity contribution is 8.00. The number of carboxylic acids is 1. The highest BCUT2D eigenvalue weighted by atomic mass is 32.2. The summed E-state index contributed by atoms with van der Waals surface area (Å²) in [6, 6.07) is 0.765. The van der Waals surface area contributed by atoms with Gasteiger partial charge in [0.05, 0.1) is 10.9 Å². The van der Waals surface area contributed by atoms with E-state index in [-0.39, 0.29) is 11.4 Å². The van der Waals surface area contributed by atoms with Gasteiger partial charge in [-0.3, -0.25) is 14.5 Å². The molecular weight excluding hydrogens is 492 g/mol. The number of thiol groups is 2. The number of primary amides is 1. The Morgan fingerprint density at radius 3 is 2.73 bits per heavy atom. The first-order valence-electron chi connectivity index (χ1n) is 9.18. The predicted octanol–water partition coefficient (Wildman–Crippen LogP) is -1.29. The van der Waals surface area contributed by atoms with Crippen LogP contribution >= 0.6 is 37.0 Å². The average molecular weight is 505 g/mol. The average Bonchev–Trinajstić information content (AvgIpc) is 3.36. The molecule has 16 heteroatoms. The van der Waals surface area contributed by atoms with Gasteiger partial charge in [-0.05, 0) is 28.1 Å². The van der Waals surface area contributed by atoms with Crippen molar-refractivity contribution in [3.63, 3.8) is 0 Å². The Hall–Kier alpha value is -3.29. The molecule has 1 aliphatic carbocycles. The van der Waals surface area contributed by atoms with Crippen molar-refractivity contribution in [2.24, 2.45) is 5.73 Å². The van der Waals surface area contributed by atoms with Crippen LogP contribution in [0.25, 0.3) is 5.65 Å². The molecule has 2 aromatic rings. The Balaban J connectivity index is 1.48. The Morgan fingerprint density at radius 2 is 2.09 bits per heavy atom. The van der Waals surface area contributed by atoms with Crippen molar-refractivity contribution in [3.8, 4) is 11.8 Å². The van der Waals surface area contributed by atoms with Crippen molar-refractivity contribution in [3.05, 3.63) is 29.1 Å². The van der Waals surface area contributed by atoms with Gasteiger partial charge in [0.1, 0.15) is 11.1 Å². The number of aliphatic carboxylic acids is 1. The van der Waals surface area contributed by atoms with Gasteiger partial charge >= 0.3 is 12.0 Å². The van der Waals surface area contributed by atoms with Gasteiger partial charge in [0, 0.05) is 5.75 Å². The largest absolute Gasteiger partial charge is 0.477 e. The van der Waals surface area contributed by atoms with Crippen LogP contribution in [-0.4, -0.2) is 85.9 Å². The summed E-state index contributed by atoms with van der Waals surface area (Å²) in [5.74, 6) is 2.06. The summed E-state index contributed by atoms with van der Waals surface area (Å²) in [5, 5.41) is 23.5. The molecule has 168 valence electrons. The van der Waals surface area contributed by atoms with E-state index < -0.39 is 45.2 Å². The zero-order valence-corrected chi connectivity index (χ0v) is 18.8. The number of aromatic nitrogens is 5. The molecule has 0 aromatic carbocycles. The first-order chi connectivity index (χ1) is 15.6. The van der Waals surface area contributed by atoms with Crippen LogP contribution in [0.15, 0.2) is 23.4 Å². The second-order valence-electron chi connectivity index (χ2n) is 7.19. The van der Waals surface area contributed by atoms with Crippen molar-refractivity contribution >= 4 is 66.5 Å². The number of thioether (sulfide) groups is 1. The van der Waals surface area contributed by atoms with E-state index in [0.717, 1.165) is 4.90 Å². The first kappa shape index (κ1) is 21.6. The molecule has 0 saturated carbocycles. The highest BCUT2D eigenvalue weighted by Crippen LogP contribution is 2.47. The molecule has 2 aromatic heterocycles. The van der Waals surface area contributed by atoms with E-state index in [4.69, 9.17) is 5.73 Å². The summed E-state index contributed by atoms with van der Waals surface area (Å²) in [6.07, 6.45) is 0. The number of amides is 4. The van der Waals surface area contributed by atoms with E-state index >= 15 is 0 Å². The van der Waals surface area contributed by atoms with E-state index in [2.05, 4.69) is 57.7 Å². The summed E-state index contributed by atoms with van der Waals surface area (Å²) in [6.45, 7) is 0. The third-order valence-corrected chi connectivity index (χ3v) is 7.56. The predicted molar refractivity (Wildman–Crippen MR) is 118 cm³/mol. The molecule has 3 atom stereocenters. The van der Waals surface area contributed by atoms with Crippen LogP contribution in [-0.2, 0) is 14.4 Å². The molecule has 4 amide bonds. The van der Waals surface area contributed by atoms with E-state index in [9.17, 15) is 24.3 Å². The van der Waals surface area contributed by atoms with Crippen molar-refractivity contribution in [1.82, 2.24) is 35.1 Å². The molecule has 4 heterocycles. The zero-order valence-electron chi connectivity index (χ0n) is 16.2. The van der Waals surface area contributed by atoms with Gasteiger partial charge in [-0.2, -0.15) is 17.7 Å². The molecule has 3 aliphatic rings. The zero-order chi connectivity index (χ0) is 23.7. The Morgan fingerprint density at radius 1 is 1.36 bits per heavy atom. The van der Waals surface area contributed by atoms with Crippen LogP contribution in [0, 0.1) is 11.8 Å². The van der Waals surface area contributed by atoms with Crippen molar-refractivity contribution < 1.29 is 24.3 Å². The standard InChI is InChI=1S/C17H12N8O5S3/c18-16(30)24(15(29)17(32)3-4-17)10-12(26)23-9(14(27)28)6(5-33-13(10)23)11(31)7-1-2-8-19-21-22-25(8)20-7/h1-2,10-11,13,31-32H,5H2,(H2,18,30)(H,27,28). The van der Waals surface area contributed by atoms with E-state index in [1.54, 1.807) is 12.1 Å². The van der Waals surface area contributed by atoms with Gasteiger partial charge in [-0.15, -0.1) is 34.1 Å². The number of tetrazole rings is 1. The Bertz CT molecular complexity index is 1360. The number of β-lactam (4-membered cyclic amide) rings is 1. The van der Waals surface area contributed by atoms with Crippen LogP contribution < -0.4 is 5.73 Å². The fraction of sp³-hybridized carbons (Fsp3) is 0.294. The number of nitrogens with two attached hydrogens (primary N) is 1. The number of hydrogen-bond donors (Lipinski definition) is 4. The minimum absolute atomic E-state index is 0.138. The summed E-state index contributed by atoms with van der Waals surface area (Å²) in [4.78, 5) is 51.5. The van der Waals surface area contributed by atoms with Gasteiger partial charge < -0.3 is 10.8 Å².